The van der Waals surface area contributed by atoms with Gasteiger partial charge in [-0.15, -0.1) is 0 Å². The molecule has 0 saturated heterocycles. The van der Waals surface area contributed by atoms with E-state index >= 15 is 0 Å². The number of pyridine rings is 1. The largest absolute Gasteiger partial charge is 0.462 e. The van der Waals surface area contributed by atoms with Crippen molar-refractivity contribution in [3.05, 3.63) is 45.2 Å². The number of fused-ring (bicyclic) bond motifs is 1. The highest BCUT2D eigenvalue weighted by Gasteiger charge is 2.15. The lowest BCUT2D eigenvalue weighted by atomic mass is 10.0. The van der Waals surface area contributed by atoms with Gasteiger partial charge in [0.25, 0.3) is 0 Å². The van der Waals surface area contributed by atoms with Crippen LogP contribution >= 0.6 is 0 Å². The van der Waals surface area contributed by atoms with Crippen molar-refractivity contribution in [1.82, 2.24) is 4.98 Å². The molecule has 0 saturated carbocycles. The second-order valence-corrected chi connectivity index (χ2v) is 4.18. The molecular weight excluding hydrogens is 230 g/mol. The van der Waals surface area contributed by atoms with Crippen molar-refractivity contribution < 1.29 is 9.53 Å². The first-order chi connectivity index (χ1) is 8.56. The van der Waals surface area contributed by atoms with Gasteiger partial charge in [0, 0.05) is 17.1 Å². The molecule has 18 heavy (non-hydrogen) atoms. The minimum Gasteiger partial charge on any atom is -0.462 e. The molecule has 1 heterocycles. The SMILES string of the molecule is CCOC(=O)c1c[nH]c2ccc(C)c(C)c2c1=O. The van der Waals surface area contributed by atoms with Crippen LogP contribution in [0.25, 0.3) is 10.9 Å². The normalized spacial score (nSPS) is 10.6. The highest BCUT2D eigenvalue weighted by Crippen LogP contribution is 2.17. The van der Waals surface area contributed by atoms with Crippen molar-refractivity contribution in [3.8, 4) is 0 Å². The Balaban J connectivity index is 2.74. The van der Waals surface area contributed by atoms with Crippen LogP contribution in [0, 0.1) is 13.8 Å². The third-order valence-corrected chi connectivity index (χ3v) is 3.07. The van der Waals surface area contributed by atoms with Gasteiger partial charge < -0.3 is 9.72 Å². The Labute approximate surface area is 105 Å². The fourth-order valence-corrected chi connectivity index (χ4v) is 1.94. The molecule has 0 aliphatic rings. The van der Waals surface area contributed by atoms with Crippen molar-refractivity contribution in [2.75, 3.05) is 6.61 Å². The third kappa shape index (κ3) is 1.90. The summed E-state index contributed by atoms with van der Waals surface area (Å²) in [6, 6.07) is 3.78. The van der Waals surface area contributed by atoms with Crippen molar-refractivity contribution in [3.63, 3.8) is 0 Å². The predicted molar refractivity (Wildman–Crippen MR) is 70.0 cm³/mol. The molecule has 0 atom stereocenters. The van der Waals surface area contributed by atoms with E-state index in [2.05, 4.69) is 4.98 Å². The first-order valence-corrected chi connectivity index (χ1v) is 5.85. The van der Waals surface area contributed by atoms with Crippen LogP contribution < -0.4 is 5.43 Å². The summed E-state index contributed by atoms with van der Waals surface area (Å²) in [5.41, 5.74) is 2.42. The minimum atomic E-state index is -0.582. The van der Waals surface area contributed by atoms with Gasteiger partial charge in [-0.25, -0.2) is 4.79 Å². The number of esters is 1. The average Bonchev–Trinajstić information content (AvgIpc) is 2.34. The lowest BCUT2D eigenvalue weighted by Crippen LogP contribution is -2.18. The molecule has 2 aromatic rings. The lowest BCUT2D eigenvalue weighted by molar-refractivity contribution is 0.0524. The average molecular weight is 245 g/mol. The van der Waals surface area contributed by atoms with Gasteiger partial charge in [0.1, 0.15) is 5.56 Å². The number of H-pyrrole nitrogens is 1. The number of aryl methyl sites for hydroxylation is 2. The maximum Gasteiger partial charge on any atom is 0.343 e. The molecule has 1 aromatic heterocycles. The van der Waals surface area contributed by atoms with Gasteiger partial charge in [-0.1, -0.05) is 6.07 Å². The minimum absolute atomic E-state index is 0.0538. The fourth-order valence-electron chi connectivity index (χ4n) is 1.94. The van der Waals surface area contributed by atoms with E-state index in [1.807, 2.05) is 26.0 Å². The monoisotopic (exact) mass is 245 g/mol. The maximum atomic E-state index is 12.3. The topological polar surface area (TPSA) is 59.2 Å². The maximum absolute atomic E-state index is 12.3. The van der Waals surface area contributed by atoms with Crippen molar-refractivity contribution in [2.24, 2.45) is 0 Å². The summed E-state index contributed by atoms with van der Waals surface area (Å²) in [4.78, 5) is 26.9. The summed E-state index contributed by atoms with van der Waals surface area (Å²) >= 11 is 0. The van der Waals surface area contributed by atoms with Crippen molar-refractivity contribution in [1.29, 1.82) is 0 Å². The molecule has 2 rings (SSSR count). The molecule has 0 fully saturated rings. The molecule has 0 unspecified atom stereocenters. The van der Waals surface area contributed by atoms with Crippen LogP contribution in [-0.2, 0) is 4.74 Å². The fraction of sp³-hybridized carbons (Fsp3) is 0.286. The zero-order valence-electron chi connectivity index (χ0n) is 10.7. The molecule has 0 bridgehead atoms. The Kier molecular flexibility index (Phi) is 3.19. The van der Waals surface area contributed by atoms with Gasteiger partial charge in [-0.2, -0.15) is 0 Å². The number of rotatable bonds is 2. The van der Waals surface area contributed by atoms with E-state index in [1.54, 1.807) is 6.92 Å². The zero-order chi connectivity index (χ0) is 13.3. The van der Waals surface area contributed by atoms with Crippen LogP contribution in [0.4, 0.5) is 0 Å². The van der Waals surface area contributed by atoms with Gasteiger partial charge in [-0.05, 0) is 38.0 Å². The molecule has 1 aromatic carbocycles. The number of nitrogens with one attached hydrogen (secondary N) is 1. The summed E-state index contributed by atoms with van der Waals surface area (Å²) in [7, 11) is 0. The molecule has 0 aliphatic heterocycles. The number of hydrogen-bond donors (Lipinski definition) is 1. The standard InChI is InChI=1S/C14H15NO3/c1-4-18-14(17)10-7-15-11-6-5-8(2)9(3)12(11)13(10)16/h5-7H,4H2,1-3H3,(H,15,16). The highest BCUT2D eigenvalue weighted by atomic mass is 16.5. The number of ether oxygens (including phenoxy) is 1. The Morgan fingerprint density at radius 1 is 1.33 bits per heavy atom. The summed E-state index contributed by atoms with van der Waals surface area (Å²) in [5, 5.41) is 0.556. The van der Waals surface area contributed by atoms with Crippen molar-refractivity contribution in [2.45, 2.75) is 20.8 Å². The summed E-state index contributed by atoms with van der Waals surface area (Å²) < 4.78 is 4.87. The van der Waals surface area contributed by atoms with E-state index in [-0.39, 0.29) is 17.6 Å². The third-order valence-electron chi connectivity index (χ3n) is 3.07. The molecular formula is C14H15NO3. The van der Waals surface area contributed by atoms with Crippen LogP contribution in [0.15, 0.2) is 23.1 Å². The number of benzene rings is 1. The van der Waals surface area contributed by atoms with E-state index in [0.717, 1.165) is 16.6 Å². The van der Waals surface area contributed by atoms with Crippen LogP contribution in [-0.4, -0.2) is 17.6 Å². The van der Waals surface area contributed by atoms with Gasteiger partial charge in [-0.3, -0.25) is 4.79 Å². The summed E-state index contributed by atoms with van der Waals surface area (Å²) in [6.45, 7) is 5.78. The van der Waals surface area contributed by atoms with Crippen LogP contribution in [0.1, 0.15) is 28.4 Å². The Bertz CT molecular complexity index is 671. The number of aromatic amines is 1. The molecule has 0 spiro atoms. The first kappa shape index (κ1) is 12.4. The molecule has 0 amide bonds. The van der Waals surface area contributed by atoms with Gasteiger partial charge >= 0.3 is 5.97 Å². The molecule has 0 aliphatic carbocycles. The number of hydrogen-bond acceptors (Lipinski definition) is 3. The summed E-state index contributed by atoms with van der Waals surface area (Å²) in [6.07, 6.45) is 1.41. The van der Waals surface area contributed by atoms with E-state index in [4.69, 9.17) is 4.74 Å². The predicted octanol–water partition coefficient (Wildman–Crippen LogP) is 2.32. The highest BCUT2D eigenvalue weighted by molar-refractivity contribution is 5.94. The molecule has 0 radical (unpaired) electrons. The molecule has 1 N–H and O–H groups in total. The van der Waals surface area contributed by atoms with Crippen LogP contribution in [0.5, 0.6) is 0 Å². The van der Waals surface area contributed by atoms with Gasteiger partial charge in [0.05, 0.1) is 6.61 Å². The van der Waals surface area contributed by atoms with Crippen LogP contribution in [0.3, 0.4) is 0 Å². The van der Waals surface area contributed by atoms with E-state index in [1.165, 1.54) is 6.20 Å². The quantitative estimate of drug-likeness (QED) is 0.826. The summed E-state index contributed by atoms with van der Waals surface area (Å²) in [5.74, 6) is -0.582. The number of carbonyl (C=O) groups excluding carboxylic acids is 1. The smallest absolute Gasteiger partial charge is 0.343 e. The Morgan fingerprint density at radius 3 is 2.72 bits per heavy atom. The van der Waals surface area contributed by atoms with Gasteiger partial charge in [0.2, 0.25) is 5.43 Å². The van der Waals surface area contributed by atoms with Gasteiger partial charge in [0.15, 0.2) is 0 Å². The molecule has 4 nitrogen and oxygen atoms in total. The lowest BCUT2D eigenvalue weighted by Gasteiger charge is -2.07. The van der Waals surface area contributed by atoms with E-state index in [9.17, 15) is 9.59 Å². The molecule has 4 heteroatoms. The first-order valence-electron chi connectivity index (χ1n) is 5.85. The molecule has 94 valence electrons. The van der Waals surface area contributed by atoms with Crippen LogP contribution in [0.2, 0.25) is 0 Å². The number of carbonyl (C=O) groups is 1. The van der Waals surface area contributed by atoms with Crippen molar-refractivity contribution >= 4 is 16.9 Å². The zero-order valence-corrected chi connectivity index (χ0v) is 10.7. The second kappa shape index (κ2) is 4.64. The van der Waals surface area contributed by atoms with E-state index < -0.39 is 5.97 Å². The Morgan fingerprint density at radius 2 is 2.06 bits per heavy atom. The van der Waals surface area contributed by atoms with E-state index in [0.29, 0.717) is 5.39 Å². The second-order valence-electron chi connectivity index (χ2n) is 4.18. The Hall–Kier alpha value is -2.10. The number of aromatic nitrogens is 1.